The third-order valence-corrected chi connectivity index (χ3v) is 5.24. The van der Waals surface area contributed by atoms with Gasteiger partial charge in [-0.15, -0.1) is 11.8 Å². The predicted molar refractivity (Wildman–Crippen MR) is 102 cm³/mol. The number of alkyl halides is 3. The number of aromatic amines is 1. The molecule has 3 aromatic rings. The van der Waals surface area contributed by atoms with Crippen LogP contribution in [0.4, 0.5) is 18.9 Å². The van der Waals surface area contributed by atoms with Gasteiger partial charge in [0.25, 0.3) is 0 Å². The molecule has 0 radical (unpaired) electrons. The highest BCUT2D eigenvalue weighted by Crippen LogP contribution is 2.33. The minimum atomic E-state index is -4.45. The van der Waals surface area contributed by atoms with Gasteiger partial charge in [0.05, 0.1) is 27.6 Å². The number of amides is 1. The first-order chi connectivity index (χ1) is 12.7. The number of thioether (sulfide) groups is 1. The highest BCUT2D eigenvalue weighted by Gasteiger charge is 2.32. The molecule has 0 unspecified atom stereocenters. The van der Waals surface area contributed by atoms with Gasteiger partial charge in [-0.1, -0.05) is 18.2 Å². The quantitative estimate of drug-likeness (QED) is 0.617. The Kier molecular flexibility index (Phi) is 5.46. The number of aryl methyl sites for hydroxylation is 1. The fourth-order valence-corrected chi connectivity index (χ4v) is 3.39. The smallest absolute Gasteiger partial charge is 0.341 e. The number of H-pyrrole nitrogens is 1. The van der Waals surface area contributed by atoms with Crippen LogP contribution in [0.2, 0.25) is 0 Å². The average Bonchev–Trinajstić information content (AvgIpc) is 3.04. The largest absolute Gasteiger partial charge is 0.416 e. The molecule has 1 atom stereocenters. The van der Waals surface area contributed by atoms with E-state index in [1.54, 1.807) is 0 Å². The van der Waals surface area contributed by atoms with Crippen molar-refractivity contribution < 1.29 is 18.0 Å². The van der Waals surface area contributed by atoms with Gasteiger partial charge < -0.3 is 10.3 Å². The van der Waals surface area contributed by atoms with Crippen molar-refractivity contribution >= 4 is 34.4 Å². The minimum Gasteiger partial charge on any atom is -0.341 e. The highest BCUT2D eigenvalue weighted by molar-refractivity contribution is 8.00. The molecule has 0 saturated carbocycles. The number of rotatable bonds is 5. The molecule has 1 amide bonds. The number of hydrogen-bond acceptors (Lipinski definition) is 3. The fraction of sp³-hybridized carbons (Fsp3) is 0.263. The second kappa shape index (κ2) is 7.64. The van der Waals surface area contributed by atoms with E-state index in [-0.39, 0.29) is 28.2 Å². The van der Waals surface area contributed by atoms with Crippen LogP contribution in [0.5, 0.6) is 0 Å². The molecule has 0 bridgehead atoms. The van der Waals surface area contributed by atoms with E-state index >= 15 is 0 Å². The average molecular weight is 393 g/mol. The molecule has 1 heterocycles. The zero-order valence-electron chi connectivity index (χ0n) is 14.7. The van der Waals surface area contributed by atoms with Crippen molar-refractivity contribution in [3.63, 3.8) is 0 Å². The number of nitrogens with one attached hydrogen (secondary N) is 2. The van der Waals surface area contributed by atoms with E-state index in [1.807, 2.05) is 31.2 Å². The molecular formula is C19H18F3N3OS. The Hall–Kier alpha value is -2.48. The summed E-state index contributed by atoms with van der Waals surface area (Å²) in [6.07, 6.45) is -4.45. The lowest BCUT2D eigenvalue weighted by atomic mass is 10.1. The van der Waals surface area contributed by atoms with Crippen LogP contribution >= 0.6 is 11.8 Å². The predicted octanol–water partition coefficient (Wildman–Crippen LogP) is 5.32. The normalized spacial score (nSPS) is 12.9. The van der Waals surface area contributed by atoms with Crippen molar-refractivity contribution in [1.29, 1.82) is 0 Å². The monoisotopic (exact) mass is 393 g/mol. The van der Waals surface area contributed by atoms with Crippen LogP contribution in [-0.4, -0.2) is 21.6 Å². The summed E-state index contributed by atoms with van der Waals surface area (Å²) in [5.74, 6) is 0.497. The summed E-state index contributed by atoms with van der Waals surface area (Å²) in [7, 11) is 0. The second-order valence-electron chi connectivity index (χ2n) is 6.17. The van der Waals surface area contributed by atoms with Gasteiger partial charge >= 0.3 is 6.18 Å². The zero-order chi connectivity index (χ0) is 19.6. The summed E-state index contributed by atoms with van der Waals surface area (Å²) in [5, 5.41) is 2.46. The third-order valence-electron chi connectivity index (χ3n) is 4.08. The molecule has 0 fully saturated rings. The Morgan fingerprint density at radius 3 is 2.70 bits per heavy atom. The van der Waals surface area contributed by atoms with Crippen LogP contribution in [0.1, 0.15) is 29.1 Å². The third kappa shape index (κ3) is 4.63. The number of carbonyl (C=O) groups is 1. The molecule has 3 rings (SSSR count). The molecule has 2 N–H and O–H groups in total. The van der Waals surface area contributed by atoms with Crippen LogP contribution in [0.25, 0.3) is 11.0 Å². The Bertz CT molecular complexity index is 935. The molecule has 0 aliphatic rings. The van der Waals surface area contributed by atoms with Crippen molar-refractivity contribution in [2.45, 2.75) is 25.3 Å². The van der Waals surface area contributed by atoms with Gasteiger partial charge in [-0.2, -0.15) is 13.2 Å². The number of nitrogens with zero attached hydrogens (tertiary/aromatic N) is 1. The fourth-order valence-electron chi connectivity index (χ4n) is 2.65. The molecular weight excluding hydrogens is 375 g/mol. The Labute approximate surface area is 158 Å². The van der Waals surface area contributed by atoms with E-state index in [2.05, 4.69) is 15.3 Å². The van der Waals surface area contributed by atoms with Crippen molar-refractivity contribution in [3.8, 4) is 0 Å². The van der Waals surface area contributed by atoms with Gasteiger partial charge in [0, 0.05) is 5.69 Å². The number of imidazole rings is 1. The van der Waals surface area contributed by atoms with Crippen molar-refractivity contribution in [2.75, 3.05) is 11.1 Å². The maximum atomic E-state index is 13.0. The number of carbonyl (C=O) groups excluding carboxylic acids is 1. The van der Waals surface area contributed by atoms with E-state index in [1.165, 1.54) is 30.8 Å². The molecule has 0 saturated heterocycles. The zero-order valence-corrected chi connectivity index (χ0v) is 15.5. The summed E-state index contributed by atoms with van der Waals surface area (Å²) in [6.45, 7) is 3.31. The van der Waals surface area contributed by atoms with Crippen LogP contribution in [0.15, 0.2) is 42.5 Å². The standard InChI is InChI=1S/C19H18F3N3OS/c1-11-7-8-13(9-14(11)19(20,21)22)23-17(26)10-27-12(2)18-24-15-5-3-4-6-16(15)25-18/h3-9,12H,10H2,1-2H3,(H,23,26)(H,24,25)/t12-/m0/s1. The van der Waals surface area contributed by atoms with E-state index < -0.39 is 11.7 Å². The van der Waals surface area contributed by atoms with Crippen molar-refractivity contribution in [2.24, 2.45) is 0 Å². The summed E-state index contributed by atoms with van der Waals surface area (Å²) >= 11 is 1.36. The molecule has 0 aliphatic carbocycles. The first-order valence-electron chi connectivity index (χ1n) is 8.28. The first kappa shape index (κ1) is 19.3. The molecule has 2 aromatic carbocycles. The number of para-hydroxylation sites is 2. The highest BCUT2D eigenvalue weighted by atomic mass is 32.2. The first-order valence-corrected chi connectivity index (χ1v) is 9.33. The molecule has 27 heavy (non-hydrogen) atoms. The van der Waals surface area contributed by atoms with E-state index in [0.717, 1.165) is 22.9 Å². The van der Waals surface area contributed by atoms with Crippen molar-refractivity contribution in [3.05, 3.63) is 59.4 Å². The maximum Gasteiger partial charge on any atom is 0.416 e. The Morgan fingerprint density at radius 2 is 2.00 bits per heavy atom. The molecule has 0 spiro atoms. The summed E-state index contributed by atoms with van der Waals surface area (Å²) in [6, 6.07) is 11.4. The topological polar surface area (TPSA) is 57.8 Å². The molecule has 0 aliphatic heterocycles. The van der Waals surface area contributed by atoms with E-state index in [9.17, 15) is 18.0 Å². The second-order valence-corrected chi connectivity index (χ2v) is 7.50. The molecule has 8 heteroatoms. The molecule has 4 nitrogen and oxygen atoms in total. The Morgan fingerprint density at radius 1 is 1.26 bits per heavy atom. The summed E-state index contributed by atoms with van der Waals surface area (Å²) in [4.78, 5) is 19.8. The maximum absolute atomic E-state index is 13.0. The van der Waals surface area contributed by atoms with Gasteiger partial charge in [-0.25, -0.2) is 4.98 Å². The molecule has 1 aromatic heterocycles. The number of hydrogen-bond donors (Lipinski definition) is 2. The lowest BCUT2D eigenvalue weighted by molar-refractivity contribution is -0.138. The Balaban J connectivity index is 1.61. The summed E-state index contributed by atoms with van der Waals surface area (Å²) < 4.78 is 38.9. The van der Waals surface area contributed by atoms with E-state index in [0.29, 0.717) is 0 Å². The van der Waals surface area contributed by atoms with Crippen LogP contribution in [0, 0.1) is 6.92 Å². The van der Waals surface area contributed by atoms with Gasteiger partial charge in [-0.3, -0.25) is 4.79 Å². The lowest BCUT2D eigenvalue weighted by Gasteiger charge is -2.13. The molecule has 142 valence electrons. The minimum absolute atomic E-state index is 0.0631. The number of halogens is 3. The van der Waals surface area contributed by atoms with Gasteiger partial charge in [0.2, 0.25) is 5.91 Å². The van der Waals surface area contributed by atoms with Gasteiger partial charge in [0.1, 0.15) is 5.82 Å². The SMILES string of the molecule is Cc1ccc(NC(=O)CS[C@@H](C)c2nc3ccccc3[nH]2)cc1C(F)(F)F. The number of aromatic nitrogens is 2. The number of anilines is 1. The van der Waals surface area contributed by atoms with E-state index in [4.69, 9.17) is 0 Å². The lowest BCUT2D eigenvalue weighted by Crippen LogP contribution is -2.16. The van der Waals surface area contributed by atoms with Gasteiger partial charge in [0.15, 0.2) is 0 Å². The van der Waals surface area contributed by atoms with Crippen molar-refractivity contribution in [1.82, 2.24) is 9.97 Å². The van der Waals surface area contributed by atoms with Crippen LogP contribution in [-0.2, 0) is 11.0 Å². The number of benzene rings is 2. The van der Waals surface area contributed by atoms with Gasteiger partial charge in [-0.05, 0) is 43.7 Å². The van der Waals surface area contributed by atoms with Crippen LogP contribution < -0.4 is 5.32 Å². The summed E-state index contributed by atoms with van der Waals surface area (Å²) in [5.41, 5.74) is 1.28. The van der Waals surface area contributed by atoms with Crippen LogP contribution in [0.3, 0.4) is 0 Å². The number of fused-ring (bicyclic) bond motifs is 1.